The predicted molar refractivity (Wildman–Crippen MR) is 69.5 cm³/mol. The van der Waals surface area contributed by atoms with E-state index in [1.54, 1.807) is 12.1 Å². The standard InChI is InChI=1S/C13H20N2O3/c1-4-15(5-2)12(13(14)17)9-6-7-11(18-3)10(16)8-9/h6-8,12,16H,4-5H2,1-3H3,(H2,14,17). The van der Waals surface area contributed by atoms with Gasteiger partial charge in [0.05, 0.1) is 7.11 Å². The molecule has 1 amide bonds. The number of ether oxygens (including phenoxy) is 1. The van der Waals surface area contributed by atoms with Crippen LogP contribution in [0.5, 0.6) is 11.5 Å². The van der Waals surface area contributed by atoms with E-state index in [1.807, 2.05) is 18.7 Å². The van der Waals surface area contributed by atoms with Crippen molar-refractivity contribution in [2.45, 2.75) is 19.9 Å². The Morgan fingerprint density at radius 2 is 2.06 bits per heavy atom. The van der Waals surface area contributed by atoms with E-state index >= 15 is 0 Å². The number of methoxy groups -OCH3 is 1. The van der Waals surface area contributed by atoms with Crippen LogP contribution in [-0.2, 0) is 4.79 Å². The van der Waals surface area contributed by atoms with Crippen LogP contribution in [0.4, 0.5) is 0 Å². The highest BCUT2D eigenvalue weighted by atomic mass is 16.5. The van der Waals surface area contributed by atoms with Gasteiger partial charge in [-0.05, 0) is 30.8 Å². The summed E-state index contributed by atoms with van der Waals surface area (Å²) < 4.78 is 4.97. The molecule has 0 heterocycles. The highest BCUT2D eigenvalue weighted by Crippen LogP contribution is 2.30. The Balaban J connectivity index is 3.14. The van der Waals surface area contributed by atoms with Crippen LogP contribution in [-0.4, -0.2) is 36.1 Å². The van der Waals surface area contributed by atoms with Crippen molar-refractivity contribution in [3.8, 4) is 11.5 Å². The minimum absolute atomic E-state index is 0.00778. The average molecular weight is 252 g/mol. The largest absolute Gasteiger partial charge is 0.504 e. The Hall–Kier alpha value is -1.75. The fourth-order valence-corrected chi connectivity index (χ4v) is 2.02. The number of phenolic OH excluding ortho intramolecular Hbond substituents is 1. The lowest BCUT2D eigenvalue weighted by Gasteiger charge is -2.27. The molecule has 0 saturated heterocycles. The number of carbonyl (C=O) groups is 1. The van der Waals surface area contributed by atoms with Gasteiger partial charge in [0.1, 0.15) is 6.04 Å². The fraction of sp³-hybridized carbons (Fsp3) is 0.462. The third-order valence-corrected chi connectivity index (χ3v) is 2.97. The zero-order valence-electron chi connectivity index (χ0n) is 11.0. The van der Waals surface area contributed by atoms with Crippen molar-refractivity contribution in [2.24, 2.45) is 5.73 Å². The van der Waals surface area contributed by atoms with E-state index in [0.29, 0.717) is 24.4 Å². The van der Waals surface area contributed by atoms with Gasteiger partial charge in [-0.3, -0.25) is 9.69 Å². The Labute approximate surface area is 107 Å². The summed E-state index contributed by atoms with van der Waals surface area (Å²) in [7, 11) is 1.48. The van der Waals surface area contributed by atoms with Crippen LogP contribution < -0.4 is 10.5 Å². The summed E-state index contributed by atoms with van der Waals surface area (Å²) in [6.45, 7) is 5.33. The summed E-state index contributed by atoms with van der Waals surface area (Å²) in [6, 6.07) is 4.36. The molecular weight excluding hydrogens is 232 g/mol. The molecule has 5 nitrogen and oxygen atoms in total. The monoisotopic (exact) mass is 252 g/mol. The molecule has 100 valence electrons. The Kier molecular flexibility index (Phi) is 4.97. The number of rotatable bonds is 6. The first-order valence-electron chi connectivity index (χ1n) is 5.95. The number of hydrogen-bond donors (Lipinski definition) is 2. The predicted octanol–water partition coefficient (Wildman–Crippen LogP) is 1.27. The molecule has 0 bridgehead atoms. The highest BCUT2D eigenvalue weighted by molar-refractivity contribution is 5.81. The van der Waals surface area contributed by atoms with E-state index in [4.69, 9.17) is 10.5 Å². The number of amides is 1. The second-order valence-electron chi connectivity index (χ2n) is 3.96. The first-order chi connectivity index (χ1) is 8.54. The molecule has 0 aliphatic heterocycles. The molecular formula is C13H20N2O3. The molecule has 5 heteroatoms. The summed E-state index contributed by atoms with van der Waals surface area (Å²) in [5, 5.41) is 9.75. The molecule has 1 unspecified atom stereocenters. The second kappa shape index (κ2) is 6.26. The van der Waals surface area contributed by atoms with E-state index in [0.717, 1.165) is 0 Å². The molecule has 0 aromatic heterocycles. The normalized spacial score (nSPS) is 12.4. The van der Waals surface area contributed by atoms with Crippen molar-refractivity contribution in [1.29, 1.82) is 0 Å². The van der Waals surface area contributed by atoms with E-state index in [9.17, 15) is 9.90 Å². The summed E-state index contributed by atoms with van der Waals surface area (Å²) in [4.78, 5) is 13.5. The van der Waals surface area contributed by atoms with Gasteiger partial charge >= 0.3 is 0 Å². The SMILES string of the molecule is CCN(CC)C(C(N)=O)c1ccc(OC)c(O)c1. The van der Waals surface area contributed by atoms with Crippen LogP contribution in [0.15, 0.2) is 18.2 Å². The molecule has 0 fully saturated rings. The molecule has 1 aromatic rings. The van der Waals surface area contributed by atoms with Gasteiger partial charge in [-0.25, -0.2) is 0 Å². The van der Waals surface area contributed by atoms with Crippen LogP contribution in [0, 0.1) is 0 Å². The summed E-state index contributed by atoms with van der Waals surface area (Å²) in [6.07, 6.45) is 0. The van der Waals surface area contributed by atoms with Gasteiger partial charge < -0.3 is 15.6 Å². The van der Waals surface area contributed by atoms with Crippen molar-refractivity contribution >= 4 is 5.91 Å². The lowest BCUT2D eigenvalue weighted by atomic mass is 10.0. The van der Waals surface area contributed by atoms with Crippen LogP contribution in [0.2, 0.25) is 0 Å². The number of nitrogens with zero attached hydrogens (tertiary/aromatic N) is 1. The topological polar surface area (TPSA) is 75.8 Å². The minimum atomic E-state index is -0.531. The van der Waals surface area contributed by atoms with Crippen molar-refractivity contribution in [2.75, 3.05) is 20.2 Å². The van der Waals surface area contributed by atoms with E-state index < -0.39 is 11.9 Å². The minimum Gasteiger partial charge on any atom is -0.504 e. The zero-order valence-corrected chi connectivity index (χ0v) is 11.0. The number of primary amides is 1. The fourth-order valence-electron chi connectivity index (χ4n) is 2.02. The van der Waals surface area contributed by atoms with E-state index in [-0.39, 0.29) is 5.75 Å². The molecule has 3 N–H and O–H groups in total. The lowest BCUT2D eigenvalue weighted by Crippen LogP contribution is -2.37. The van der Waals surface area contributed by atoms with Crippen molar-refractivity contribution in [3.05, 3.63) is 23.8 Å². The molecule has 18 heavy (non-hydrogen) atoms. The van der Waals surface area contributed by atoms with Crippen LogP contribution in [0.3, 0.4) is 0 Å². The molecule has 0 spiro atoms. The smallest absolute Gasteiger partial charge is 0.239 e. The van der Waals surface area contributed by atoms with Gasteiger partial charge in [0.2, 0.25) is 5.91 Å². The lowest BCUT2D eigenvalue weighted by molar-refractivity contribution is -0.123. The van der Waals surface area contributed by atoms with Gasteiger partial charge in [-0.2, -0.15) is 0 Å². The number of hydrogen-bond acceptors (Lipinski definition) is 4. The van der Waals surface area contributed by atoms with E-state index in [1.165, 1.54) is 13.2 Å². The molecule has 1 aromatic carbocycles. The Morgan fingerprint density at radius 3 is 2.44 bits per heavy atom. The van der Waals surface area contributed by atoms with Crippen molar-refractivity contribution in [3.63, 3.8) is 0 Å². The first kappa shape index (κ1) is 14.3. The number of aromatic hydroxyl groups is 1. The molecule has 0 aliphatic rings. The van der Waals surface area contributed by atoms with Gasteiger partial charge in [-0.1, -0.05) is 19.9 Å². The van der Waals surface area contributed by atoms with Gasteiger partial charge in [0, 0.05) is 0 Å². The van der Waals surface area contributed by atoms with Crippen molar-refractivity contribution in [1.82, 2.24) is 4.90 Å². The van der Waals surface area contributed by atoms with Crippen LogP contribution in [0.25, 0.3) is 0 Å². The maximum Gasteiger partial charge on any atom is 0.239 e. The first-order valence-corrected chi connectivity index (χ1v) is 5.95. The van der Waals surface area contributed by atoms with Crippen LogP contribution in [0.1, 0.15) is 25.5 Å². The molecule has 1 atom stereocenters. The summed E-state index contributed by atoms with van der Waals surface area (Å²) >= 11 is 0. The summed E-state index contributed by atoms with van der Waals surface area (Å²) in [5.41, 5.74) is 6.12. The Bertz CT molecular complexity index is 417. The average Bonchev–Trinajstić information content (AvgIpc) is 2.35. The van der Waals surface area contributed by atoms with E-state index in [2.05, 4.69) is 0 Å². The third kappa shape index (κ3) is 2.92. The summed E-state index contributed by atoms with van der Waals surface area (Å²) in [5.74, 6) is -0.0433. The zero-order chi connectivity index (χ0) is 13.7. The third-order valence-electron chi connectivity index (χ3n) is 2.97. The van der Waals surface area contributed by atoms with Gasteiger partial charge in [0.25, 0.3) is 0 Å². The Morgan fingerprint density at radius 1 is 1.44 bits per heavy atom. The number of carbonyl (C=O) groups excluding carboxylic acids is 1. The van der Waals surface area contributed by atoms with Crippen LogP contribution >= 0.6 is 0 Å². The quantitative estimate of drug-likeness (QED) is 0.799. The maximum absolute atomic E-state index is 11.6. The molecule has 0 saturated carbocycles. The number of benzene rings is 1. The number of phenols is 1. The highest BCUT2D eigenvalue weighted by Gasteiger charge is 2.24. The van der Waals surface area contributed by atoms with Gasteiger partial charge in [-0.15, -0.1) is 0 Å². The molecule has 0 aliphatic carbocycles. The molecule has 1 rings (SSSR count). The van der Waals surface area contributed by atoms with Crippen molar-refractivity contribution < 1.29 is 14.6 Å². The number of nitrogens with two attached hydrogens (primary N) is 1. The second-order valence-corrected chi connectivity index (χ2v) is 3.96. The number of likely N-dealkylation sites (N-methyl/N-ethyl adjacent to an activating group) is 1. The van der Waals surface area contributed by atoms with Gasteiger partial charge in [0.15, 0.2) is 11.5 Å². The molecule has 0 radical (unpaired) electrons. The maximum atomic E-state index is 11.6.